The standard InChI is InChI=1S/C30H38FN3O2S/c1-20(2)11-26-19-33(18-23-13-21(3)12-22(14-23)16-30(4,5)28(35)36)9-10-34(26)29-32-17-27(37-29)24-7-6-8-25(31)15-24/h6-8,12-15,17,20,26H,9-11,16,18-19H2,1-5H3,(H,35,36)/t26-/m1/s1. The van der Waals surface area contributed by atoms with Gasteiger partial charge in [0.15, 0.2) is 5.13 Å². The molecule has 1 atom stereocenters. The van der Waals surface area contributed by atoms with Crippen LogP contribution in [0.25, 0.3) is 10.4 Å². The van der Waals surface area contributed by atoms with Gasteiger partial charge in [0.25, 0.3) is 0 Å². The summed E-state index contributed by atoms with van der Waals surface area (Å²) in [6.45, 7) is 13.8. The van der Waals surface area contributed by atoms with Crippen LogP contribution in [0.1, 0.15) is 50.8 Å². The van der Waals surface area contributed by atoms with Crippen molar-refractivity contribution in [3.05, 3.63) is 71.2 Å². The van der Waals surface area contributed by atoms with E-state index in [-0.39, 0.29) is 5.82 Å². The van der Waals surface area contributed by atoms with E-state index in [2.05, 4.69) is 48.8 Å². The third-order valence-electron chi connectivity index (χ3n) is 6.99. The third kappa shape index (κ3) is 6.96. The van der Waals surface area contributed by atoms with Gasteiger partial charge in [0, 0.05) is 38.4 Å². The van der Waals surface area contributed by atoms with Gasteiger partial charge in [-0.15, -0.1) is 0 Å². The number of hydrogen-bond acceptors (Lipinski definition) is 5. The van der Waals surface area contributed by atoms with Crippen LogP contribution in [-0.2, 0) is 17.8 Å². The number of rotatable bonds is 9. The Kier molecular flexibility index (Phi) is 8.34. The molecule has 0 radical (unpaired) electrons. The van der Waals surface area contributed by atoms with E-state index in [1.807, 2.05) is 12.3 Å². The highest BCUT2D eigenvalue weighted by molar-refractivity contribution is 7.18. The first-order valence-corrected chi connectivity index (χ1v) is 13.9. The molecule has 7 heteroatoms. The summed E-state index contributed by atoms with van der Waals surface area (Å²) >= 11 is 1.63. The molecule has 1 aromatic heterocycles. The van der Waals surface area contributed by atoms with Gasteiger partial charge >= 0.3 is 5.97 Å². The smallest absolute Gasteiger partial charge is 0.309 e. The largest absolute Gasteiger partial charge is 0.481 e. The molecule has 2 heterocycles. The van der Waals surface area contributed by atoms with Crippen molar-refractivity contribution in [3.63, 3.8) is 0 Å². The fourth-order valence-electron chi connectivity index (χ4n) is 5.22. The summed E-state index contributed by atoms with van der Waals surface area (Å²) in [5.41, 5.74) is 3.54. The van der Waals surface area contributed by atoms with Gasteiger partial charge < -0.3 is 10.0 Å². The van der Waals surface area contributed by atoms with E-state index in [4.69, 9.17) is 4.98 Å². The molecule has 198 valence electrons. The second kappa shape index (κ2) is 11.3. The summed E-state index contributed by atoms with van der Waals surface area (Å²) in [5, 5.41) is 10.6. The van der Waals surface area contributed by atoms with Crippen LogP contribution in [0.5, 0.6) is 0 Å². The molecule has 3 aromatic rings. The highest BCUT2D eigenvalue weighted by Gasteiger charge is 2.30. The van der Waals surface area contributed by atoms with Gasteiger partial charge in [0.05, 0.1) is 10.3 Å². The maximum atomic E-state index is 13.8. The Morgan fingerprint density at radius 1 is 1.19 bits per heavy atom. The Labute approximate surface area is 224 Å². The average molecular weight is 524 g/mol. The average Bonchev–Trinajstić information content (AvgIpc) is 3.28. The molecule has 1 aliphatic heterocycles. The van der Waals surface area contributed by atoms with E-state index in [1.54, 1.807) is 37.3 Å². The quantitative estimate of drug-likeness (QED) is 0.340. The maximum Gasteiger partial charge on any atom is 0.309 e. The Morgan fingerprint density at radius 2 is 1.95 bits per heavy atom. The summed E-state index contributed by atoms with van der Waals surface area (Å²) in [5.74, 6) is -0.450. The number of nitrogens with zero attached hydrogens (tertiary/aromatic N) is 3. The van der Waals surface area contributed by atoms with Crippen molar-refractivity contribution in [2.24, 2.45) is 11.3 Å². The van der Waals surface area contributed by atoms with Gasteiger partial charge in [0.1, 0.15) is 5.82 Å². The van der Waals surface area contributed by atoms with Gasteiger partial charge in [-0.1, -0.05) is 61.1 Å². The lowest BCUT2D eigenvalue weighted by molar-refractivity contribution is -0.146. The van der Waals surface area contributed by atoms with Gasteiger partial charge in [-0.3, -0.25) is 9.69 Å². The second-order valence-electron chi connectivity index (χ2n) is 11.4. The van der Waals surface area contributed by atoms with Crippen molar-refractivity contribution in [2.45, 2.75) is 60.0 Å². The predicted molar refractivity (Wildman–Crippen MR) is 150 cm³/mol. The number of halogens is 1. The first kappa shape index (κ1) is 27.3. The first-order chi connectivity index (χ1) is 17.5. The fraction of sp³-hybridized carbons (Fsp3) is 0.467. The zero-order valence-electron chi connectivity index (χ0n) is 22.5. The minimum absolute atomic E-state index is 0.232. The normalized spacial score (nSPS) is 16.9. The highest BCUT2D eigenvalue weighted by Crippen LogP contribution is 2.34. The maximum absolute atomic E-state index is 13.8. The number of carbonyl (C=O) groups is 1. The lowest BCUT2D eigenvalue weighted by Crippen LogP contribution is -2.53. The molecule has 1 fully saturated rings. The van der Waals surface area contributed by atoms with E-state index >= 15 is 0 Å². The molecule has 0 unspecified atom stereocenters. The molecule has 0 saturated carbocycles. The number of carboxylic acid groups (broad SMARTS) is 1. The molecular weight excluding hydrogens is 485 g/mol. The molecule has 0 aliphatic carbocycles. The molecular formula is C30H38FN3O2S. The molecule has 1 saturated heterocycles. The number of aliphatic carboxylic acids is 1. The zero-order chi connectivity index (χ0) is 26.7. The van der Waals surface area contributed by atoms with E-state index in [1.165, 1.54) is 17.2 Å². The van der Waals surface area contributed by atoms with Gasteiger partial charge in [0.2, 0.25) is 0 Å². The van der Waals surface area contributed by atoms with Crippen molar-refractivity contribution in [1.82, 2.24) is 9.88 Å². The molecule has 2 aromatic carbocycles. The molecule has 37 heavy (non-hydrogen) atoms. The molecule has 5 nitrogen and oxygen atoms in total. The van der Waals surface area contributed by atoms with Gasteiger partial charge in [-0.05, 0) is 68.4 Å². The molecule has 1 N–H and O–H groups in total. The van der Waals surface area contributed by atoms with Crippen molar-refractivity contribution >= 4 is 22.4 Å². The van der Waals surface area contributed by atoms with Crippen LogP contribution >= 0.6 is 11.3 Å². The monoisotopic (exact) mass is 523 g/mol. The van der Waals surface area contributed by atoms with E-state index < -0.39 is 11.4 Å². The van der Waals surface area contributed by atoms with E-state index in [9.17, 15) is 14.3 Å². The number of aryl methyl sites for hydroxylation is 1. The number of piperazine rings is 1. The topological polar surface area (TPSA) is 56.7 Å². The van der Waals surface area contributed by atoms with E-state index in [0.29, 0.717) is 18.4 Å². The minimum atomic E-state index is -0.795. The van der Waals surface area contributed by atoms with Crippen molar-refractivity contribution in [3.8, 4) is 10.4 Å². The number of benzene rings is 2. The molecule has 4 rings (SSSR count). The number of carboxylic acids is 1. The van der Waals surface area contributed by atoms with Crippen LogP contribution < -0.4 is 4.90 Å². The summed E-state index contributed by atoms with van der Waals surface area (Å²) in [4.78, 5) is 22.3. The number of aromatic nitrogens is 1. The number of anilines is 1. The second-order valence-corrected chi connectivity index (χ2v) is 12.4. The lowest BCUT2D eigenvalue weighted by Gasteiger charge is -2.42. The Morgan fingerprint density at radius 3 is 2.65 bits per heavy atom. The highest BCUT2D eigenvalue weighted by atomic mass is 32.1. The van der Waals surface area contributed by atoms with Crippen LogP contribution in [0.2, 0.25) is 0 Å². The van der Waals surface area contributed by atoms with Crippen LogP contribution in [0, 0.1) is 24.1 Å². The van der Waals surface area contributed by atoms with Gasteiger partial charge in [-0.25, -0.2) is 9.37 Å². The number of thiazole rings is 1. The SMILES string of the molecule is Cc1cc(CN2CCN(c3ncc(-c4cccc(F)c4)s3)[C@H](CC(C)C)C2)cc(CC(C)(C)C(=O)O)c1. The third-order valence-corrected chi connectivity index (χ3v) is 8.07. The van der Waals surface area contributed by atoms with Crippen LogP contribution in [0.4, 0.5) is 9.52 Å². The predicted octanol–water partition coefficient (Wildman–Crippen LogP) is 6.65. The summed E-state index contributed by atoms with van der Waals surface area (Å²) in [6.07, 6.45) is 3.44. The Bertz CT molecular complexity index is 1240. The zero-order valence-corrected chi connectivity index (χ0v) is 23.3. The molecule has 0 amide bonds. The van der Waals surface area contributed by atoms with Crippen molar-refractivity contribution in [2.75, 3.05) is 24.5 Å². The summed E-state index contributed by atoms with van der Waals surface area (Å²) in [6, 6.07) is 13.5. The Hall–Kier alpha value is -2.77. The summed E-state index contributed by atoms with van der Waals surface area (Å²) < 4.78 is 13.8. The van der Waals surface area contributed by atoms with Crippen LogP contribution in [0.15, 0.2) is 48.7 Å². The number of hydrogen-bond donors (Lipinski definition) is 1. The van der Waals surface area contributed by atoms with E-state index in [0.717, 1.165) is 53.7 Å². The molecule has 0 spiro atoms. The van der Waals surface area contributed by atoms with Crippen LogP contribution in [0.3, 0.4) is 0 Å². The molecule has 0 bridgehead atoms. The van der Waals surface area contributed by atoms with Gasteiger partial charge in [-0.2, -0.15) is 0 Å². The van der Waals surface area contributed by atoms with Crippen molar-refractivity contribution in [1.29, 1.82) is 0 Å². The first-order valence-electron chi connectivity index (χ1n) is 13.0. The summed E-state index contributed by atoms with van der Waals surface area (Å²) in [7, 11) is 0. The van der Waals surface area contributed by atoms with Crippen LogP contribution in [-0.4, -0.2) is 46.6 Å². The molecule has 1 aliphatic rings. The lowest BCUT2D eigenvalue weighted by atomic mass is 9.85. The fourth-order valence-corrected chi connectivity index (χ4v) is 6.23. The Balaban J connectivity index is 1.49. The van der Waals surface area contributed by atoms with Crippen molar-refractivity contribution < 1.29 is 14.3 Å². The minimum Gasteiger partial charge on any atom is -0.481 e.